The minimum atomic E-state index is 0.397. The summed E-state index contributed by atoms with van der Waals surface area (Å²) >= 11 is 3.75. The summed E-state index contributed by atoms with van der Waals surface area (Å²) in [5, 5.41) is 6.15. The molecule has 3 rings (SSSR count). The normalized spacial score (nSPS) is 18.4. The van der Waals surface area contributed by atoms with E-state index < -0.39 is 0 Å². The second kappa shape index (κ2) is 6.15. The molecule has 20 heavy (non-hydrogen) atoms. The fraction of sp³-hybridized carbons (Fsp3) is 0.412. The van der Waals surface area contributed by atoms with Crippen LogP contribution in [0.1, 0.15) is 37.8 Å². The van der Waals surface area contributed by atoms with Crippen LogP contribution in [-0.2, 0) is 0 Å². The summed E-state index contributed by atoms with van der Waals surface area (Å²) in [6.45, 7) is 4.06. The zero-order chi connectivity index (χ0) is 13.9. The highest BCUT2D eigenvalue weighted by molar-refractivity contribution is 9.10. The predicted molar refractivity (Wildman–Crippen MR) is 87.4 cm³/mol. The Hall–Kier alpha value is -1.06. The number of hydrogen-bond acceptors (Lipinski definition) is 2. The first-order valence-electron chi connectivity index (χ1n) is 7.38. The number of nitrogens with one attached hydrogen (secondary N) is 1. The van der Waals surface area contributed by atoms with Gasteiger partial charge >= 0.3 is 0 Å². The Balaban J connectivity index is 2.12. The first kappa shape index (κ1) is 13.9. The summed E-state index contributed by atoms with van der Waals surface area (Å²) in [4.78, 5) is 0. The average Bonchev–Trinajstić information content (AvgIpc) is 2.68. The van der Waals surface area contributed by atoms with Gasteiger partial charge in [-0.3, -0.25) is 0 Å². The third kappa shape index (κ3) is 2.57. The van der Waals surface area contributed by atoms with E-state index in [0.717, 1.165) is 42.6 Å². The Kier molecular flexibility index (Phi) is 4.27. The third-order valence-electron chi connectivity index (χ3n) is 3.87. The second-order valence-corrected chi connectivity index (χ2v) is 6.12. The lowest BCUT2D eigenvalue weighted by Crippen LogP contribution is -2.21. The van der Waals surface area contributed by atoms with Crippen LogP contribution in [0.2, 0.25) is 0 Å². The lowest BCUT2D eigenvalue weighted by molar-refractivity contribution is 0.314. The molecule has 3 heteroatoms. The van der Waals surface area contributed by atoms with Crippen molar-refractivity contribution in [3.63, 3.8) is 0 Å². The zero-order valence-corrected chi connectivity index (χ0v) is 13.4. The smallest absolute Gasteiger partial charge is 0.138 e. The zero-order valence-electron chi connectivity index (χ0n) is 11.8. The van der Waals surface area contributed by atoms with Crippen molar-refractivity contribution in [2.24, 2.45) is 0 Å². The van der Waals surface area contributed by atoms with E-state index in [1.165, 1.54) is 16.3 Å². The highest BCUT2D eigenvalue weighted by atomic mass is 79.9. The monoisotopic (exact) mass is 333 g/mol. The molecular formula is C17H20BrNO. The van der Waals surface area contributed by atoms with Gasteiger partial charge in [-0.25, -0.2) is 0 Å². The van der Waals surface area contributed by atoms with Crippen LogP contribution in [0.25, 0.3) is 10.8 Å². The van der Waals surface area contributed by atoms with Gasteiger partial charge in [0.2, 0.25) is 0 Å². The molecule has 0 radical (unpaired) electrons. The SMILES string of the molecule is CCCNC1CCCOc2c1cc1ccccc1c2Br. The van der Waals surface area contributed by atoms with E-state index in [-0.39, 0.29) is 0 Å². The molecule has 1 heterocycles. The summed E-state index contributed by atoms with van der Waals surface area (Å²) in [5.41, 5.74) is 1.29. The van der Waals surface area contributed by atoms with Gasteiger partial charge in [-0.05, 0) is 58.6 Å². The summed E-state index contributed by atoms with van der Waals surface area (Å²) < 4.78 is 7.10. The molecule has 0 spiro atoms. The molecule has 2 aromatic carbocycles. The second-order valence-electron chi connectivity index (χ2n) is 5.33. The number of fused-ring (bicyclic) bond motifs is 2. The third-order valence-corrected chi connectivity index (χ3v) is 4.66. The lowest BCUT2D eigenvalue weighted by Gasteiger charge is -2.20. The van der Waals surface area contributed by atoms with Crippen LogP contribution in [0.15, 0.2) is 34.8 Å². The minimum Gasteiger partial charge on any atom is -0.492 e. The molecule has 0 saturated heterocycles. The van der Waals surface area contributed by atoms with Crippen molar-refractivity contribution >= 4 is 26.7 Å². The largest absolute Gasteiger partial charge is 0.492 e. The fourth-order valence-electron chi connectivity index (χ4n) is 2.86. The number of halogens is 1. The standard InChI is InChI=1S/C17H20BrNO/c1-2-9-19-15-8-5-10-20-17-14(15)11-12-6-3-4-7-13(12)16(17)18/h3-4,6-7,11,15,19H,2,5,8-10H2,1H3. The van der Waals surface area contributed by atoms with Crippen molar-refractivity contribution in [1.82, 2.24) is 5.32 Å². The topological polar surface area (TPSA) is 21.3 Å². The lowest BCUT2D eigenvalue weighted by atomic mass is 9.98. The van der Waals surface area contributed by atoms with Crippen molar-refractivity contribution < 1.29 is 4.74 Å². The van der Waals surface area contributed by atoms with Crippen molar-refractivity contribution in [2.45, 2.75) is 32.2 Å². The quantitative estimate of drug-likeness (QED) is 0.869. The molecule has 1 unspecified atom stereocenters. The molecule has 0 amide bonds. The Morgan fingerprint density at radius 2 is 2.20 bits per heavy atom. The van der Waals surface area contributed by atoms with Gasteiger partial charge in [0.1, 0.15) is 5.75 Å². The van der Waals surface area contributed by atoms with Gasteiger partial charge in [-0.15, -0.1) is 0 Å². The van der Waals surface area contributed by atoms with E-state index in [2.05, 4.69) is 58.5 Å². The molecule has 1 atom stereocenters. The van der Waals surface area contributed by atoms with Crippen molar-refractivity contribution in [3.8, 4) is 5.75 Å². The molecule has 106 valence electrons. The van der Waals surface area contributed by atoms with Crippen LogP contribution < -0.4 is 10.1 Å². The van der Waals surface area contributed by atoms with Crippen LogP contribution in [0.3, 0.4) is 0 Å². The van der Waals surface area contributed by atoms with Gasteiger partial charge in [0.05, 0.1) is 11.1 Å². The molecule has 0 saturated carbocycles. The summed E-state index contributed by atoms with van der Waals surface area (Å²) in [6, 6.07) is 11.2. The Morgan fingerprint density at radius 3 is 3.05 bits per heavy atom. The molecule has 1 aliphatic heterocycles. The number of benzene rings is 2. The van der Waals surface area contributed by atoms with Crippen LogP contribution in [0, 0.1) is 0 Å². The van der Waals surface area contributed by atoms with Gasteiger partial charge in [0.15, 0.2) is 0 Å². The van der Waals surface area contributed by atoms with E-state index in [1.54, 1.807) is 0 Å². The van der Waals surface area contributed by atoms with Crippen molar-refractivity contribution in [1.29, 1.82) is 0 Å². The maximum atomic E-state index is 6.01. The number of hydrogen-bond donors (Lipinski definition) is 1. The summed E-state index contributed by atoms with van der Waals surface area (Å²) in [5.74, 6) is 1.02. The van der Waals surface area contributed by atoms with Crippen molar-refractivity contribution in [3.05, 3.63) is 40.4 Å². The molecule has 0 bridgehead atoms. The van der Waals surface area contributed by atoms with Gasteiger partial charge < -0.3 is 10.1 Å². The highest BCUT2D eigenvalue weighted by Gasteiger charge is 2.22. The van der Waals surface area contributed by atoms with Gasteiger partial charge in [-0.2, -0.15) is 0 Å². The van der Waals surface area contributed by atoms with E-state index in [9.17, 15) is 0 Å². The fourth-order valence-corrected chi connectivity index (χ4v) is 3.56. The maximum Gasteiger partial charge on any atom is 0.138 e. The van der Waals surface area contributed by atoms with Gasteiger partial charge in [0, 0.05) is 11.6 Å². The highest BCUT2D eigenvalue weighted by Crippen LogP contribution is 2.42. The molecule has 0 aromatic heterocycles. The Bertz CT molecular complexity index is 611. The first-order chi connectivity index (χ1) is 9.81. The molecular weight excluding hydrogens is 314 g/mol. The number of ether oxygens (including phenoxy) is 1. The minimum absolute atomic E-state index is 0.397. The summed E-state index contributed by atoms with van der Waals surface area (Å²) in [6.07, 6.45) is 3.39. The van der Waals surface area contributed by atoms with Crippen LogP contribution >= 0.6 is 15.9 Å². The molecule has 2 aromatic rings. The molecule has 0 fully saturated rings. The average molecular weight is 334 g/mol. The maximum absolute atomic E-state index is 6.01. The molecule has 1 N–H and O–H groups in total. The Morgan fingerprint density at radius 1 is 1.35 bits per heavy atom. The van der Waals surface area contributed by atoms with E-state index in [0.29, 0.717) is 6.04 Å². The molecule has 0 aliphatic carbocycles. The number of rotatable bonds is 3. The van der Waals surface area contributed by atoms with Gasteiger partial charge in [0.25, 0.3) is 0 Å². The summed E-state index contributed by atoms with van der Waals surface area (Å²) in [7, 11) is 0. The molecule has 1 aliphatic rings. The van der Waals surface area contributed by atoms with Crippen LogP contribution in [0.5, 0.6) is 5.75 Å². The van der Waals surface area contributed by atoms with Crippen LogP contribution in [0.4, 0.5) is 0 Å². The Labute approximate surface area is 128 Å². The van der Waals surface area contributed by atoms with E-state index in [1.807, 2.05) is 0 Å². The van der Waals surface area contributed by atoms with E-state index in [4.69, 9.17) is 4.74 Å². The van der Waals surface area contributed by atoms with Crippen molar-refractivity contribution in [2.75, 3.05) is 13.2 Å². The molecule has 2 nitrogen and oxygen atoms in total. The first-order valence-corrected chi connectivity index (χ1v) is 8.18. The van der Waals surface area contributed by atoms with Gasteiger partial charge in [-0.1, -0.05) is 31.2 Å². The van der Waals surface area contributed by atoms with E-state index >= 15 is 0 Å². The predicted octanol–water partition coefficient (Wildman–Crippen LogP) is 4.82. The van der Waals surface area contributed by atoms with Crippen LogP contribution in [-0.4, -0.2) is 13.2 Å².